The van der Waals surface area contributed by atoms with Gasteiger partial charge in [0.05, 0.1) is 12.1 Å². The van der Waals surface area contributed by atoms with Crippen molar-refractivity contribution in [2.24, 2.45) is 0 Å². The molecule has 130 valence electrons. The summed E-state index contributed by atoms with van der Waals surface area (Å²) in [6.45, 7) is 3.49. The van der Waals surface area contributed by atoms with E-state index in [0.717, 1.165) is 56.0 Å². The fourth-order valence-electron chi connectivity index (χ4n) is 3.95. The number of ether oxygens (including phenoxy) is 3. The number of fused-ring (bicyclic) bond motifs is 1. The molecule has 0 radical (unpaired) electrons. The van der Waals surface area contributed by atoms with Gasteiger partial charge in [0.15, 0.2) is 11.5 Å². The van der Waals surface area contributed by atoms with Gasteiger partial charge in [-0.15, -0.1) is 0 Å². The van der Waals surface area contributed by atoms with Crippen molar-refractivity contribution in [3.8, 4) is 11.5 Å². The number of hydrogen-bond donors (Lipinski definition) is 0. The van der Waals surface area contributed by atoms with Crippen LogP contribution in [0.5, 0.6) is 11.5 Å². The summed E-state index contributed by atoms with van der Waals surface area (Å²) in [5.74, 6) is 1.85. The number of benzene rings is 1. The minimum atomic E-state index is -0.105. The average Bonchev–Trinajstić information content (AvgIpc) is 3.34. The number of nitrogens with zero attached hydrogens (tertiary/aromatic N) is 2. The van der Waals surface area contributed by atoms with Gasteiger partial charge in [0.2, 0.25) is 12.7 Å². The third-order valence-corrected chi connectivity index (χ3v) is 5.25. The number of rotatable bonds is 4. The van der Waals surface area contributed by atoms with Crippen molar-refractivity contribution in [3.05, 3.63) is 23.8 Å². The minimum absolute atomic E-state index is 0.105. The fraction of sp³-hybridized carbons (Fsp3) is 0.611. The second-order valence-corrected chi connectivity index (χ2v) is 6.72. The number of amides is 1. The number of carbonyl (C=O) groups excluding carboxylic acids is 1. The van der Waals surface area contributed by atoms with Gasteiger partial charge in [-0.25, -0.2) is 0 Å². The van der Waals surface area contributed by atoms with E-state index in [1.165, 1.54) is 0 Å². The molecule has 2 saturated heterocycles. The molecule has 0 aromatic heterocycles. The lowest BCUT2D eigenvalue weighted by molar-refractivity contribution is -0.135. The van der Waals surface area contributed by atoms with Crippen LogP contribution in [0.25, 0.3) is 0 Å². The highest BCUT2D eigenvalue weighted by Gasteiger charge is 2.40. The highest BCUT2D eigenvalue weighted by atomic mass is 16.7. The van der Waals surface area contributed by atoms with Gasteiger partial charge in [0.1, 0.15) is 0 Å². The van der Waals surface area contributed by atoms with E-state index in [2.05, 4.69) is 4.90 Å². The summed E-state index contributed by atoms with van der Waals surface area (Å²) in [6.07, 6.45) is 3.10. The Morgan fingerprint density at radius 1 is 1.29 bits per heavy atom. The zero-order valence-electron chi connectivity index (χ0n) is 14.1. The molecule has 2 atom stereocenters. The third kappa shape index (κ3) is 2.84. The monoisotopic (exact) mass is 332 g/mol. The van der Waals surface area contributed by atoms with Crippen LogP contribution >= 0.6 is 0 Å². The molecule has 3 aliphatic rings. The third-order valence-electron chi connectivity index (χ3n) is 5.25. The summed E-state index contributed by atoms with van der Waals surface area (Å²) in [4.78, 5) is 17.1. The number of hydrogen-bond acceptors (Lipinski definition) is 5. The molecule has 1 aromatic rings. The lowest BCUT2D eigenvalue weighted by Crippen LogP contribution is -2.44. The molecule has 3 aliphatic heterocycles. The molecular weight excluding hydrogens is 308 g/mol. The van der Waals surface area contributed by atoms with Gasteiger partial charge in [-0.2, -0.15) is 0 Å². The summed E-state index contributed by atoms with van der Waals surface area (Å²) in [7, 11) is 1.72. The molecular formula is C18H24N2O4. The van der Waals surface area contributed by atoms with E-state index in [4.69, 9.17) is 14.2 Å². The van der Waals surface area contributed by atoms with Gasteiger partial charge >= 0.3 is 0 Å². The minimum Gasteiger partial charge on any atom is -0.454 e. The van der Waals surface area contributed by atoms with Crippen LogP contribution in [0.3, 0.4) is 0 Å². The van der Waals surface area contributed by atoms with Crippen LogP contribution in [0.4, 0.5) is 0 Å². The molecule has 0 saturated carbocycles. The van der Waals surface area contributed by atoms with Gasteiger partial charge in [-0.05, 0) is 25.3 Å². The molecule has 0 N–H and O–H groups in total. The van der Waals surface area contributed by atoms with Gasteiger partial charge in [-0.1, -0.05) is 12.1 Å². The van der Waals surface area contributed by atoms with Gasteiger partial charge in [-0.3, -0.25) is 9.69 Å². The van der Waals surface area contributed by atoms with Crippen molar-refractivity contribution in [1.82, 2.24) is 9.80 Å². The Labute approximate surface area is 142 Å². The predicted molar refractivity (Wildman–Crippen MR) is 88.0 cm³/mol. The molecule has 1 amide bonds. The SMILES string of the molecule is CO[C@H]1C[C@@H](C(=O)N2CCCC2)N(Cc2cccc3c2OCO3)C1. The van der Waals surface area contributed by atoms with E-state index in [-0.39, 0.29) is 24.8 Å². The van der Waals surface area contributed by atoms with Crippen molar-refractivity contribution < 1.29 is 19.0 Å². The summed E-state index contributed by atoms with van der Waals surface area (Å²) >= 11 is 0. The molecule has 2 fully saturated rings. The standard InChI is InChI=1S/C18H24N2O4/c1-22-14-9-15(18(21)19-7-2-3-8-19)20(11-14)10-13-5-4-6-16-17(13)24-12-23-16/h4-6,14-15H,2-3,7-12H2,1H3/t14-,15-/m0/s1. The number of methoxy groups -OCH3 is 1. The van der Waals surface area contributed by atoms with Crippen LogP contribution in [0, 0.1) is 0 Å². The molecule has 0 spiro atoms. The molecule has 0 aliphatic carbocycles. The van der Waals surface area contributed by atoms with Crippen LogP contribution < -0.4 is 9.47 Å². The van der Waals surface area contributed by atoms with E-state index >= 15 is 0 Å². The number of likely N-dealkylation sites (tertiary alicyclic amines) is 2. The van der Waals surface area contributed by atoms with Crippen molar-refractivity contribution in [2.45, 2.75) is 38.0 Å². The van der Waals surface area contributed by atoms with Gasteiger partial charge < -0.3 is 19.1 Å². The molecule has 24 heavy (non-hydrogen) atoms. The maximum Gasteiger partial charge on any atom is 0.240 e. The van der Waals surface area contributed by atoms with E-state index in [1.54, 1.807) is 7.11 Å². The zero-order chi connectivity index (χ0) is 16.5. The summed E-state index contributed by atoms with van der Waals surface area (Å²) < 4.78 is 16.6. The highest BCUT2D eigenvalue weighted by molar-refractivity contribution is 5.82. The quantitative estimate of drug-likeness (QED) is 0.839. The number of carbonyl (C=O) groups is 1. The highest BCUT2D eigenvalue weighted by Crippen LogP contribution is 2.37. The molecule has 3 heterocycles. The van der Waals surface area contributed by atoms with Crippen LogP contribution in [0.1, 0.15) is 24.8 Å². The van der Waals surface area contributed by atoms with Crippen LogP contribution in [-0.2, 0) is 16.1 Å². The Morgan fingerprint density at radius 3 is 2.92 bits per heavy atom. The normalized spacial score (nSPS) is 26.3. The smallest absolute Gasteiger partial charge is 0.240 e. The average molecular weight is 332 g/mol. The number of para-hydroxylation sites is 1. The Morgan fingerprint density at radius 2 is 2.12 bits per heavy atom. The van der Waals surface area contributed by atoms with Crippen LogP contribution in [0.15, 0.2) is 18.2 Å². The molecule has 6 heteroatoms. The maximum atomic E-state index is 12.9. The first-order valence-corrected chi connectivity index (χ1v) is 8.69. The van der Waals surface area contributed by atoms with Gasteiger partial charge in [0.25, 0.3) is 0 Å². The first-order chi connectivity index (χ1) is 11.8. The topological polar surface area (TPSA) is 51.2 Å². The van der Waals surface area contributed by atoms with E-state index in [0.29, 0.717) is 6.54 Å². The summed E-state index contributed by atoms with van der Waals surface area (Å²) in [6, 6.07) is 5.83. The first kappa shape index (κ1) is 15.7. The summed E-state index contributed by atoms with van der Waals surface area (Å²) in [5, 5.41) is 0. The molecule has 4 rings (SSSR count). The Balaban J connectivity index is 1.53. The predicted octanol–water partition coefficient (Wildman–Crippen LogP) is 1.63. The lowest BCUT2D eigenvalue weighted by atomic mass is 10.1. The van der Waals surface area contributed by atoms with Crippen LogP contribution in [0.2, 0.25) is 0 Å². The van der Waals surface area contributed by atoms with Crippen molar-refractivity contribution in [1.29, 1.82) is 0 Å². The molecule has 6 nitrogen and oxygen atoms in total. The lowest BCUT2D eigenvalue weighted by Gasteiger charge is -2.27. The molecule has 1 aromatic carbocycles. The Kier molecular flexibility index (Phi) is 4.33. The zero-order valence-corrected chi connectivity index (χ0v) is 14.1. The van der Waals surface area contributed by atoms with Crippen LogP contribution in [-0.4, -0.2) is 61.4 Å². The van der Waals surface area contributed by atoms with Crippen molar-refractivity contribution >= 4 is 5.91 Å². The first-order valence-electron chi connectivity index (χ1n) is 8.69. The molecule has 0 unspecified atom stereocenters. The molecule has 0 bridgehead atoms. The largest absolute Gasteiger partial charge is 0.454 e. The summed E-state index contributed by atoms with van der Waals surface area (Å²) in [5.41, 5.74) is 1.07. The van der Waals surface area contributed by atoms with Gasteiger partial charge in [0, 0.05) is 38.9 Å². The Hall–Kier alpha value is -1.79. The second-order valence-electron chi connectivity index (χ2n) is 6.72. The second kappa shape index (κ2) is 6.61. The van der Waals surface area contributed by atoms with E-state index in [9.17, 15) is 4.79 Å². The maximum absolute atomic E-state index is 12.9. The fourth-order valence-corrected chi connectivity index (χ4v) is 3.95. The van der Waals surface area contributed by atoms with Crippen molar-refractivity contribution in [3.63, 3.8) is 0 Å². The van der Waals surface area contributed by atoms with E-state index in [1.807, 2.05) is 23.1 Å². The van der Waals surface area contributed by atoms with E-state index < -0.39 is 0 Å². The Bertz CT molecular complexity index is 615. The van der Waals surface area contributed by atoms with Crippen molar-refractivity contribution in [2.75, 3.05) is 33.5 Å².